The van der Waals surface area contributed by atoms with E-state index in [4.69, 9.17) is 0 Å². The van der Waals surface area contributed by atoms with Crippen LogP contribution in [0.25, 0.3) is 10.8 Å². The molecule has 0 fully saturated rings. The normalized spacial score (nSPS) is 9.54. The Bertz CT molecular complexity index is 1600. The average Bonchev–Trinajstić information content (AvgIpc) is 3.13. The lowest BCUT2D eigenvalue weighted by molar-refractivity contribution is 0.941. The van der Waals surface area contributed by atoms with Gasteiger partial charge in [0.1, 0.15) is 5.82 Å². The standard InChI is InChI=1S/C12H12.C8H10.C7H9N.3C6H8N2/c1-9-3-5-12-8-10(2)4-6-11(12)7-9;1-7-3-5-8(2)6-4-7;1-6-3-4-7(2)8-5-6;1-5-3-8-6(2)4-7-5;1-5-3-7-6(2)8-4-5;1-5-3-4-6(2)8-7-5/h3-8H,1-2H3;3-6H,1-2H3;3-5H,1-2H3;3*3-4H,1-2H3. The van der Waals surface area contributed by atoms with E-state index in [1.165, 1.54) is 38.6 Å². The molecule has 0 saturated carbocycles. The molecule has 7 heteroatoms. The zero-order valence-electron chi connectivity index (χ0n) is 33.1. The van der Waals surface area contributed by atoms with Crippen LogP contribution in [0.4, 0.5) is 0 Å². The molecule has 0 N–H and O–H groups in total. The van der Waals surface area contributed by atoms with Crippen LogP contribution in [0.1, 0.15) is 67.7 Å². The van der Waals surface area contributed by atoms with Crippen LogP contribution in [0.3, 0.4) is 0 Å². The number of hydrogen-bond donors (Lipinski definition) is 0. The van der Waals surface area contributed by atoms with Crippen molar-refractivity contribution in [3.63, 3.8) is 0 Å². The van der Waals surface area contributed by atoms with Gasteiger partial charge in [-0.1, -0.05) is 89.0 Å². The number of nitrogens with zero attached hydrogens (tertiary/aromatic N) is 7. The summed E-state index contributed by atoms with van der Waals surface area (Å²) >= 11 is 0. The molecule has 270 valence electrons. The molecule has 4 aromatic heterocycles. The van der Waals surface area contributed by atoms with E-state index in [1.807, 2.05) is 92.2 Å². The Balaban J connectivity index is 0.000000218. The Kier molecular flexibility index (Phi) is 18.7. The van der Waals surface area contributed by atoms with E-state index >= 15 is 0 Å². The van der Waals surface area contributed by atoms with Gasteiger partial charge in [0.05, 0.1) is 22.8 Å². The second-order valence-electron chi connectivity index (χ2n) is 12.9. The number of aryl methyl sites for hydroxylation is 12. The van der Waals surface area contributed by atoms with Crippen molar-refractivity contribution in [2.45, 2.75) is 83.1 Å². The average molecular weight is 694 g/mol. The Hall–Kier alpha value is -5.69. The molecule has 0 aliphatic carbocycles. The Morgan fingerprint density at radius 2 is 0.615 bits per heavy atom. The number of hydrogen-bond acceptors (Lipinski definition) is 7. The SMILES string of the molecule is Cc1ccc(C)cc1.Cc1ccc(C)nc1.Cc1ccc(C)nn1.Cc1ccc2cc(C)ccc2c1.Cc1cnc(C)cn1.Cc1cnc(C)nc1. The van der Waals surface area contributed by atoms with Crippen molar-refractivity contribution in [3.05, 3.63) is 184 Å². The van der Waals surface area contributed by atoms with Gasteiger partial charge in [0, 0.05) is 36.7 Å². The minimum Gasteiger partial charge on any atom is -0.261 e. The van der Waals surface area contributed by atoms with Crippen LogP contribution in [0.15, 0.2) is 116 Å². The van der Waals surface area contributed by atoms with Crippen LogP contribution in [0, 0.1) is 83.1 Å². The maximum atomic E-state index is 4.08. The molecule has 0 aliphatic heterocycles. The summed E-state index contributed by atoms with van der Waals surface area (Å²) in [6, 6.07) is 29.5. The maximum absolute atomic E-state index is 4.08. The second-order valence-corrected chi connectivity index (χ2v) is 12.9. The summed E-state index contributed by atoms with van der Waals surface area (Å²) in [4.78, 5) is 20.0. The number of fused-ring (bicyclic) bond motifs is 1. The largest absolute Gasteiger partial charge is 0.261 e. The van der Waals surface area contributed by atoms with Gasteiger partial charge < -0.3 is 0 Å². The van der Waals surface area contributed by atoms with E-state index in [-0.39, 0.29) is 0 Å². The van der Waals surface area contributed by atoms with Gasteiger partial charge in [-0.25, -0.2) is 9.97 Å². The molecule has 0 amide bonds. The molecule has 0 aliphatic rings. The van der Waals surface area contributed by atoms with Crippen molar-refractivity contribution in [2.24, 2.45) is 0 Å². The lowest BCUT2D eigenvalue weighted by atomic mass is 10.1. The predicted octanol–water partition coefficient (Wildman–Crippen LogP) is 10.7. The molecular weight excluding hydrogens is 639 g/mol. The maximum Gasteiger partial charge on any atom is 0.125 e. The number of rotatable bonds is 0. The van der Waals surface area contributed by atoms with Gasteiger partial charge in [0.25, 0.3) is 0 Å². The fourth-order valence-electron chi connectivity index (χ4n) is 4.04. The van der Waals surface area contributed by atoms with E-state index in [0.717, 1.165) is 39.9 Å². The number of aromatic nitrogens is 7. The highest BCUT2D eigenvalue weighted by atomic mass is 15.1. The highest BCUT2D eigenvalue weighted by Gasteiger charge is 1.93. The third kappa shape index (κ3) is 18.9. The van der Waals surface area contributed by atoms with Crippen molar-refractivity contribution < 1.29 is 0 Å². The zero-order chi connectivity index (χ0) is 38.5. The van der Waals surface area contributed by atoms with Gasteiger partial charge >= 0.3 is 0 Å². The molecule has 0 saturated heterocycles. The molecule has 0 radical (unpaired) electrons. The van der Waals surface area contributed by atoms with Crippen LogP contribution in [0.5, 0.6) is 0 Å². The first kappa shape index (κ1) is 42.5. The van der Waals surface area contributed by atoms with E-state index in [0.29, 0.717) is 0 Å². The zero-order valence-corrected chi connectivity index (χ0v) is 33.1. The summed E-state index contributed by atoms with van der Waals surface area (Å²) in [6.07, 6.45) is 9.00. The molecule has 7 rings (SSSR count). The lowest BCUT2D eigenvalue weighted by Gasteiger charge is -1.99. The smallest absolute Gasteiger partial charge is 0.125 e. The van der Waals surface area contributed by atoms with Gasteiger partial charge in [-0.3, -0.25) is 15.0 Å². The first-order valence-corrected chi connectivity index (χ1v) is 17.4. The summed E-state index contributed by atoms with van der Waals surface area (Å²) in [5.74, 6) is 0.829. The molecule has 0 spiro atoms. The number of pyridine rings is 1. The third-order valence-electron chi connectivity index (χ3n) is 7.18. The van der Waals surface area contributed by atoms with E-state index in [9.17, 15) is 0 Å². The summed E-state index contributed by atoms with van der Waals surface area (Å²) in [5, 5.41) is 10.3. The topological polar surface area (TPSA) is 90.2 Å². The molecule has 0 atom stereocenters. The Morgan fingerprint density at radius 1 is 0.269 bits per heavy atom. The molecule has 7 aromatic rings. The van der Waals surface area contributed by atoms with Crippen LogP contribution in [0.2, 0.25) is 0 Å². The van der Waals surface area contributed by atoms with Gasteiger partial charge in [-0.2, -0.15) is 10.2 Å². The van der Waals surface area contributed by atoms with Crippen LogP contribution >= 0.6 is 0 Å². The van der Waals surface area contributed by atoms with Crippen molar-refractivity contribution in [1.82, 2.24) is 35.1 Å². The van der Waals surface area contributed by atoms with Crippen molar-refractivity contribution in [2.75, 3.05) is 0 Å². The van der Waals surface area contributed by atoms with Crippen molar-refractivity contribution >= 4 is 10.8 Å². The first-order valence-electron chi connectivity index (χ1n) is 17.4. The second kappa shape index (κ2) is 22.9. The summed E-state index contributed by atoms with van der Waals surface area (Å²) in [7, 11) is 0. The summed E-state index contributed by atoms with van der Waals surface area (Å²) < 4.78 is 0. The quantitative estimate of drug-likeness (QED) is 0.156. The minimum atomic E-state index is 0.829. The first-order chi connectivity index (χ1) is 24.7. The lowest BCUT2D eigenvalue weighted by Crippen LogP contribution is -1.86. The van der Waals surface area contributed by atoms with E-state index in [1.54, 1.807) is 12.4 Å². The van der Waals surface area contributed by atoms with Crippen LogP contribution in [-0.4, -0.2) is 35.1 Å². The molecular formula is C45H55N7. The van der Waals surface area contributed by atoms with Crippen LogP contribution < -0.4 is 0 Å². The minimum absolute atomic E-state index is 0.829. The summed E-state index contributed by atoms with van der Waals surface area (Å²) in [5.41, 5.74) is 12.6. The fraction of sp³-hybridized carbons (Fsp3) is 0.267. The highest BCUT2D eigenvalue weighted by Crippen LogP contribution is 2.16. The van der Waals surface area contributed by atoms with Gasteiger partial charge in [-0.15, -0.1) is 0 Å². The van der Waals surface area contributed by atoms with E-state index in [2.05, 4.69) is 130 Å². The summed E-state index contributed by atoms with van der Waals surface area (Å²) in [6.45, 7) is 24.0. The highest BCUT2D eigenvalue weighted by molar-refractivity contribution is 5.83. The fourth-order valence-corrected chi connectivity index (χ4v) is 4.04. The number of benzene rings is 3. The Morgan fingerprint density at radius 3 is 0.942 bits per heavy atom. The van der Waals surface area contributed by atoms with Gasteiger partial charge in [0.2, 0.25) is 0 Å². The monoisotopic (exact) mass is 693 g/mol. The molecule has 4 heterocycles. The molecule has 0 unspecified atom stereocenters. The molecule has 0 bridgehead atoms. The van der Waals surface area contributed by atoms with E-state index < -0.39 is 0 Å². The van der Waals surface area contributed by atoms with Gasteiger partial charge in [0.15, 0.2) is 0 Å². The predicted molar refractivity (Wildman–Crippen MR) is 218 cm³/mol. The van der Waals surface area contributed by atoms with Crippen molar-refractivity contribution in [1.29, 1.82) is 0 Å². The van der Waals surface area contributed by atoms with Crippen molar-refractivity contribution in [3.8, 4) is 0 Å². The van der Waals surface area contributed by atoms with Gasteiger partial charge in [-0.05, 0) is 123 Å². The molecule has 52 heavy (non-hydrogen) atoms. The molecule has 7 nitrogen and oxygen atoms in total. The van der Waals surface area contributed by atoms with Crippen LogP contribution in [-0.2, 0) is 0 Å². The molecule has 3 aromatic carbocycles. The Labute approximate surface area is 311 Å². The third-order valence-corrected chi connectivity index (χ3v) is 7.18.